The van der Waals surface area contributed by atoms with Crippen molar-refractivity contribution in [2.45, 2.75) is 19.4 Å². The molecule has 0 aliphatic carbocycles. The van der Waals surface area contributed by atoms with E-state index >= 15 is 0 Å². The normalized spacial score (nSPS) is 12.8. The van der Waals surface area contributed by atoms with Gasteiger partial charge in [0.2, 0.25) is 5.91 Å². The lowest BCUT2D eigenvalue weighted by molar-refractivity contribution is -0.125. The molecule has 3 N–H and O–H groups in total. The predicted octanol–water partition coefficient (Wildman–Crippen LogP) is 3.24. The third-order valence-electron chi connectivity index (χ3n) is 3.76. The molecule has 0 bridgehead atoms. The summed E-state index contributed by atoms with van der Waals surface area (Å²) in [6.07, 6.45) is 0.666. The smallest absolute Gasteiger partial charge is 0.224 e. The molecule has 0 aliphatic rings. The van der Waals surface area contributed by atoms with Gasteiger partial charge in [-0.05, 0) is 29.7 Å². The molecular weight excluding hydrogens is 315 g/mol. The van der Waals surface area contributed by atoms with Gasteiger partial charge in [0.05, 0.1) is 5.92 Å². The number of nitrogens with one attached hydrogen (secondary N) is 1. The van der Waals surface area contributed by atoms with Gasteiger partial charge in [-0.15, -0.1) is 12.4 Å². The number of carbonyl (C=O) groups excluding carboxylic acids is 1. The summed E-state index contributed by atoms with van der Waals surface area (Å²) in [5, 5.41) is 2.88. The largest absolute Gasteiger partial charge is 0.355 e. The standard InChI is InChI=1S/C18H21FN2O.ClH/c1-13(17(20)15-5-3-2-4-6-15)18(22)21-12-11-14-7-9-16(19)10-8-14;/h2-10,13,17H,11-12,20H2,1H3,(H,21,22);1H. The van der Waals surface area contributed by atoms with Gasteiger partial charge in [-0.1, -0.05) is 49.4 Å². The molecule has 2 rings (SSSR count). The fourth-order valence-electron chi connectivity index (χ4n) is 2.27. The van der Waals surface area contributed by atoms with Crippen molar-refractivity contribution in [2.75, 3.05) is 6.54 Å². The molecule has 2 unspecified atom stereocenters. The lowest BCUT2D eigenvalue weighted by Crippen LogP contribution is -2.36. The highest BCUT2D eigenvalue weighted by atomic mass is 35.5. The molecule has 0 spiro atoms. The van der Waals surface area contributed by atoms with Crippen LogP contribution in [-0.4, -0.2) is 12.5 Å². The van der Waals surface area contributed by atoms with Crippen molar-refractivity contribution in [1.29, 1.82) is 0 Å². The fourth-order valence-corrected chi connectivity index (χ4v) is 2.27. The number of hydrogen-bond acceptors (Lipinski definition) is 2. The third kappa shape index (κ3) is 5.66. The maximum atomic E-state index is 12.8. The molecule has 23 heavy (non-hydrogen) atoms. The summed E-state index contributed by atoms with van der Waals surface area (Å²) in [4.78, 5) is 12.2. The molecule has 0 fully saturated rings. The van der Waals surface area contributed by atoms with Gasteiger partial charge in [-0.2, -0.15) is 0 Å². The van der Waals surface area contributed by atoms with E-state index in [1.807, 2.05) is 37.3 Å². The number of rotatable bonds is 6. The molecule has 2 aromatic rings. The maximum Gasteiger partial charge on any atom is 0.224 e. The summed E-state index contributed by atoms with van der Waals surface area (Å²) >= 11 is 0. The quantitative estimate of drug-likeness (QED) is 0.850. The first-order chi connectivity index (χ1) is 10.6. The van der Waals surface area contributed by atoms with E-state index < -0.39 is 0 Å². The van der Waals surface area contributed by atoms with Crippen molar-refractivity contribution in [3.63, 3.8) is 0 Å². The molecule has 0 saturated heterocycles. The maximum absolute atomic E-state index is 12.8. The van der Waals surface area contributed by atoms with Crippen LogP contribution in [-0.2, 0) is 11.2 Å². The van der Waals surface area contributed by atoms with Crippen molar-refractivity contribution in [3.05, 3.63) is 71.5 Å². The first-order valence-corrected chi connectivity index (χ1v) is 7.40. The number of amides is 1. The molecule has 2 aromatic carbocycles. The Hall–Kier alpha value is -1.91. The van der Waals surface area contributed by atoms with E-state index in [0.29, 0.717) is 13.0 Å². The van der Waals surface area contributed by atoms with Gasteiger partial charge < -0.3 is 11.1 Å². The van der Waals surface area contributed by atoms with Crippen LogP contribution in [0.25, 0.3) is 0 Å². The summed E-state index contributed by atoms with van der Waals surface area (Å²) in [5.74, 6) is -0.635. The highest BCUT2D eigenvalue weighted by Gasteiger charge is 2.21. The Labute approximate surface area is 142 Å². The zero-order chi connectivity index (χ0) is 15.9. The number of hydrogen-bond donors (Lipinski definition) is 2. The van der Waals surface area contributed by atoms with Crippen LogP contribution in [0.5, 0.6) is 0 Å². The molecule has 0 aromatic heterocycles. The molecular formula is C18H22ClFN2O. The van der Waals surface area contributed by atoms with Gasteiger partial charge in [-0.3, -0.25) is 4.79 Å². The van der Waals surface area contributed by atoms with E-state index in [-0.39, 0.29) is 36.1 Å². The van der Waals surface area contributed by atoms with Crippen LogP contribution >= 0.6 is 12.4 Å². The zero-order valence-electron chi connectivity index (χ0n) is 13.0. The van der Waals surface area contributed by atoms with Crippen LogP contribution in [0.2, 0.25) is 0 Å². The Bertz CT molecular complexity index is 604. The lowest BCUT2D eigenvalue weighted by atomic mass is 9.94. The minimum Gasteiger partial charge on any atom is -0.355 e. The molecule has 3 nitrogen and oxygen atoms in total. The van der Waals surface area contributed by atoms with E-state index in [1.54, 1.807) is 12.1 Å². The minimum atomic E-state index is -0.327. The zero-order valence-corrected chi connectivity index (χ0v) is 13.9. The van der Waals surface area contributed by atoms with E-state index in [0.717, 1.165) is 11.1 Å². The van der Waals surface area contributed by atoms with E-state index in [9.17, 15) is 9.18 Å². The van der Waals surface area contributed by atoms with Gasteiger partial charge in [0.25, 0.3) is 0 Å². The third-order valence-corrected chi connectivity index (χ3v) is 3.76. The molecule has 0 radical (unpaired) electrons. The van der Waals surface area contributed by atoms with Gasteiger partial charge in [-0.25, -0.2) is 4.39 Å². The Balaban J connectivity index is 0.00000264. The minimum absolute atomic E-state index is 0. The molecule has 0 heterocycles. The first kappa shape index (κ1) is 19.1. The van der Waals surface area contributed by atoms with Crippen LogP contribution in [0, 0.1) is 11.7 Å². The Morgan fingerprint density at radius 3 is 2.35 bits per heavy atom. The van der Waals surface area contributed by atoms with Crippen molar-refractivity contribution < 1.29 is 9.18 Å². The Kier molecular flexibility index (Phi) is 7.72. The second kappa shape index (κ2) is 9.28. The van der Waals surface area contributed by atoms with Crippen molar-refractivity contribution in [1.82, 2.24) is 5.32 Å². The van der Waals surface area contributed by atoms with Crippen LogP contribution in [0.15, 0.2) is 54.6 Å². The predicted molar refractivity (Wildman–Crippen MR) is 92.9 cm³/mol. The summed E-state index contributed by atoms with van der Waals surface area (Å²) in [5.41, 5.74) is 8.07. The highest BCUT2D eigenvalue weighted by Crippen LogP contribution is 2.18. The highest BCUT2D eigenvalue weighted by molar-refractivity contribution is 5.85. The van der Waals surface area contributed by atoms with Crippen molar-refractivity contribution >= 4 is 18.3 Å². The topological polar surface area (TPSA) is 55.1 Å². The van der Waals surface area contributed by atoms with E-state index in [1.165, 1.54) is 12.1 Å². The Morgan fingerprint density at radius 2 is 1.74 bits per heavy atom. The second-order valence-electron chi connectivity index (χ2n) is 5.39. The molecule has 0 saturated carbocycles. The van der Waals surface area contributed by atoms with Crippen LogP contribution in [0.4, 0.5) is 4.39 Å². The SMILES string of the molecule is CC(C(=O)NCCc1ccc(F)cc1)C(N)c1ccccc1.Cl. The average molecular weight is 337 g/mol. The summed E-state index contributed by atoms with van der Waals surface area (Å²) < 4.78 is 12.8. The van der Waals surface area contributed by atoms with Crippen molar-refractivity contribution in [3.8, 4) is 0 Å². The summed E-state index contributed by atoms with van der Waals surface area (Å²) in [6, 6.07) is 15.6. The van der Waals surface area contributed by atoms with Gasteiger partial charge >= 0.3 is 0 Å². The summed E-state index contributed by atoms with van der Waals surface area (Å²) in [7, 11) is 0. The molecule has 5 heteroatoms. The van der Waals surface area contributed by atoms with Gasteiger partial charge in [0.15, 0.2) is 0 Å². The molecule has 0 aliphatic heterocycles. The molecule has 124 valence electrons. The number of benzene rings is 2. The van der Waals surface area contributed by atoms with E-state index in [4.69, 9.17) is 5.73 Å². The van der Waals surface area contributed by atoms with Crippen LogP contribution in [0.1, 0.15) is 24.1 Å². The van der Waals surface area contributed by atoms with Gasteiger partial charge in [0, 0.05) is 12.6 Å². The van der Waals surface area contributed by atoms with E-state index in [2.05, 4.69) is 5.32 Å². The van der Waals surface area contributed by atoms with Gasteiger partial charge in [0.1, 0.15) is 5.82 Å². The fraction of sp³-hybridized carbons (Fsp3) is 0.278. The molecule has 2 atom stereocenters. The monoisotopic (exact) mass is 336 g/mol. The molecule has 1 amide bonds. The number of halogens is 2. The number of carbonyl (C=O) groups is 1. The van der Waals surface area contributed by atoms with Crippen molar-refractivity contribution in [2.24, 2.45) is 11.7 Å². The summed E-state index contributed by atoms with van der Waals surface area (Å²) in [6.45, 7) is 2.33. The average Bonchev–Trinajstić information content (AvgIpc) is 2.56. The number of nitrogens with two attached hydrogens (primary N) is 1. The van der Waals surface area contributed by atoms with Crippen LogP contribution < -0.4 is 11.1 Å². The first-order valence-electron chi connectivity index (χ1n) is 7.40. The lowest BCUT2D eigenvalue weighted by Gasteiger charge is -2.19. The second-order valence-corrected chi connectivity index (χ2v) is 5.39. The van der Waals surface area contributed by atoms with Crippen LogP contribution in [0.3, 0.4) is 0 Å². The Morgan fingerprint density at radius 1 is 1.13 bits per heavy atom.